The molecule has 3 nitrogen and oxygen atoms in total. The van der Waals surface area contributed by atoms with Crippen molar-refractivity contribution in [2.75, 3.05) is 26.2 Å². The van der Waals surface area contributed by atoms with Gasteiger partial charge in [-0.25, -0.2) is 0 Å². The lowest BCUT2D eigenvalue weighted by Crippen LogP contribution is -3.13. The van der Waals surface area contributed by atoms with E-state index in [0.717, 1.165) is 13.2 Å². The van der Waals surface area contributed by atoms with Gasteiger partial charge in [-0.15, -0.1) is 0 Å². The van der Waals surface area contributed by atoms with Gasteiger partial charge < -0.3 is 14.4 Å². The van der Waals surface area contributed by atoms with Gasteiger partial charge in [0.15, 0.2) is 6.29 Å². The highest BCUT2D eigenvalue weighted by Crippen LogP contribution is 2.26. The first-order valence-electron chi connectivity index (χ1n) is 7.98. The zero-order valence-electron chi connectivity index (χ0n) is 12.4. The van der Waals surface area contributed by atoms with Crippen LogP contribution in [0.2, 0.25) is 0 Å². The number of benzene rings is 1. The van der Waals surface area contributed by atoms with Crippen LogP contribution in [0.3, 0.4) is 0 Å². The van der Waals surface area contributed by atoms with E-state index in [1.807, 2.05) is 0 Å². The second kappa shape index (κ2) is 6.70. The first-order chi connectivity index (χ1) is 9.83. The third-order valence-electron chi connectivity index (χ3n) is 4.58. The predicted molar refractivity (Wildman–Crippen MR) is 78.9 cm³/mol. The molecule has 0 spiro atoms. The topological polar surface area (TPSA) is 22.9 Å². The second-order valence-corrected chi connectivity index (χ2v) is 6.17. The Balaban J connectivity index is 1.51. The van der Waals surface area contributed by atoms with Crippen molar-refractivity contribution in [3.05, 3.63) is 35.9 Å². The highest BCUT2D eigenvalue weighted by Gasteiger charge is 2.33. The maximum Gasteiger partial charge on any atom is 0.165 e. The third-order valence-corrected chi connectivity index (χ3v) is 4.58. The molecule has 0 amide bonds. The summed E-state index contributed by atoms with van der Waals surface area (Å²) in [5, 5.41) is 0. The van der Waals surface area contributed by atoms with E-state index >= 15 is 0 Å². The predicted octanol–water partition coefficient (Wildman–Crippen LogP) is 1.60. The van der Waals surface area contributed by atoms with Crippen LogP contribution in [0, 0.1) is 0 Å². The van der Waals surface area contributed by atoms with Crippen molar-refractivity contribution in [3.63, 3.8) is 0 Å². The fourth-order valence-corrected chi connectivity index (χ4v) is 3.33. The molecular formula is C17H26NO2+. The summed E-state index contributed by atoms with van der Waals surface area (Å²) in [5.41, 5.74) is 1.29. The SMILES string of the molecule is CC(c1ccccc1)C1OCC(C[NH+]2CCCCC2)O1. The van der Waals surface area contributed by atoms with Crippen molar-refractivity contribution < 1.29 is 14.4 Å². The lowest BCUT2D eigenvalue weighted by Gasteiger charge is -2.25. The van der Waals surface area contributed by atoms with Gasteiger partial charge in [0.2, 0.25) is 0 Å². The summed E-state index contributed by atoms with van der Waals surface area (Å²) in [5.74, 6) is 0.303. The molecule has 110 valence electrons. The zero-order valence-corrected chi connectivity index (χ0v) is 12.4. The number of likely N-dealkylation sites (tertiary alicyclic amines) is 1. The minimum atomic E-state index is -0.0772. The molecule has 2 fully saturated rings. The second-order valence-electron chi connectivity index (χ2n) is 6.17. The van der Waals surface area contributed by atoms with Crippen molar-refractivity contribution >= 4 is 0 Å². The van der Waals surface area contributed by atoms with Gasteiger partial charge >= 0.3 is 0 Å². The molecule has 0 radical (unpaired) electrons. The van der Waals surface area contributed by atoms with E-state index < -0.39 is 0 Å². The first-order valence-corrected chi connectivity index (χ1v) is 7.98. The van der Waals surface area contributed by atoms with Crippen LogP contribution in [-0.2, 0) is 9.47 Å². The van der Waals surface area contributed by atoms with Crippen LogP contribution in [0.1, 0.15) is 37.7 Å². The fraction of sp³-hybridized carbons (Fsp3) is 0.647. The largest absolute Gasteiger partial charge is 0.349 e. The van der Waals surface area contributed by atoms with Crippen molar-refractivity contribution in [1.82, 2.24) is 0 Å². The molecule has 3 rings (SSSR count). The Morgan fingerprint density at radius 2 is 1.90 bits per heavy atom. The summed E-state index contributed by atoms with van der Waals surface area (Å²) < 4.78 is 12.0. The van der Waals surface area contributed by atoms with Gasteiger partial charge in [-0.05, 0) is 24.8 Å². The summed E-state index contributed by atoms with van der Waals surface area (Å²) in [7, 11) is 0. The normalized spacial score (nSPS) is 29.4. The molecule has 3 atom stereocenters. The smallest absolute Gasteiger partial charge is 0.165 e. The van der Waals surface area contributed by atoms with Crippen molar-refractivity contribution in [2.45, 2.75) is 44.5 Å². The van der Waals surface area contributed by atoms with Gasteiger partial charge in [-0.3, -0.25) is 0 Å². The van der Waals surface area contributed by atoms with Crippen LogP contribution in [0.15, 0.2) is 30.3 Å². The van der Waals surface area contributed by atoms with Crippen molar-refractivity contribution in [3.8, 4) is 0 Å². The molecule has 3 heteroatoms. The molecule has 2 aliphatic rings. The molecule has 2 heterocycles. The number of ether oxygens (including phenoxy) is 2. The Labute approximate surface area is 121 Å². The summed E-state index contributed by atoms with van der Waals surface area (Å²) in [6.07, 6.45) is 4.34. The molecular weight excluding hydrogens is 250 g/mol. The maximum atomic E-state index is 6.14. The van der Waals surface area contributed by atoms with E-state index in [9.17, 15) is 0 Å². The minimum absolute atomic E-state index is 0.0772. The average molecular weight is 276 g/mol. The van der Waals surface area contributed by atoms with E-state index in [0.29, 0.717) is 5.92 Å². The molecule has 1 N–H and O–H groups in total. The van der Waals surface area contributed by atoms with Gasteiger partial charge in [-0.2, -0.15) is 0 Å². The zero-order chi connectivity index (χ0) is 13.8. The number of rotatable bonds is 4. The Hall–Kier alpha value is -0.900. The Morgan fingerprint density at radius 3 is 2.65 bits per heavy atom. The van der Waals surface area contributed by atoms with E-state index in [1.165, 1.54) is 37.9 Å². The van der Waals surface area contributed by atoms with Crippen molar-refractivity contribution in [2.24, 2.45) is 0 Å². The molecule has 3 unspecified atom stereocenters. The van der Waals surface area contributed by atoms with Gasteiger partial charge in [-0.1, -0.05) is 37.3 Å². The van der Waals surface area contributed by atoms with E-state index in [-0.39, 0.29) is 12.4 Å². The molecule has 2 saturated heterocycles. The van der Waals surface area contributed by atoms with Crippen LogP contribution < -0.4 is 4.90 Å². The standard InChI is InChI=1S/C17H25NO2/c1-14(15-8-4-2-5-9-15)17-19-13-16(20-17)12-18-10-6-3-7-11-18/h2,4-5,8-9,14,16-17H,3,6-7,10-13H2,1H3/p+1. The quantitative estimate of drug-likeness (QED) is 0.903. The molecule has 0 bridgehead atoms. The molecule has 20 heavy (non-hydrogen) atoms. The van der Waals surface area contributed by atoms with Crippen LogP contribution in [0.5, 0.6) is 0 Å². The third kappa shape index (κ3) is 3.40. The van der Waals surface area contributed by atoms with Gasteiger partial charge in [0.1, 0.15) is 12.6 Å². The van der Waals surface area contributed by atoms with E-state index in [2.05, 4.69) is 37.3 Å². The Bertz CT molecular complexity index is 403. The maximum absolute atomic E-state index is 6.14. The Morgan fingerprint density at radius 1 is 1.15 bits per heavy atom. The Kier molecular flexibility index (Phi) is 4.71. The summed E-state index contributed by atoms with van der Waals surface area (Å²) in [6, 6.07) is 10.5. The van der Waals surface area contributed by atoms with Crippen LogP contribution in [0.25, 0.3) is 0 Å². The lowest BCUT2D eigenvalue weighted by atomic mass is 10.0. The molecule has 1 aromatic rings. The number of nitrogens with one attached hydrogen (secondary N) is 1. The van der Waals surface area contributed by atoms with Gasteiger partial charge in [0, 0.05) is 5.92 Å². The first kappa shape index (κ1) is 14.1. The number of hydrogen-bond donors (Lipinski definition) is 1. The fourth-order valence-electron chi connectivity index (χ4n) is 3.33. The van der Waals surface area contributed by atoms with Crippen molar-refractivity contribution in [1.29, 1.82) is 0 Å². The number of piperidine rings is 1. The minimum Gasteiger partial charge on any atom is -0.349 e. The van der Waals surface area contributed by atoms with E-state index in [1.54, 1.807) is 4.90 Å². The average Bonchev–Trinajstić information content (AvgIpc) is 2.97. The summed E-state index contributed by atoms with van der Waals surface area (Å²) >= 11 is 0. The number of quaternary nitrogens is 1. The van der Waals surface area contributed by atoms with Crippen LogP contribution >= 0.6 is 0 Å². The molecule has 1 aromatic carbocycles. The summed E-state index contributed by atoms with van der Waals surface area (Å²) in [6.45, 7) is 6.66. The molecule has 0 aliphatic carbocycles. The number of hydrogen-bond acceptors (Lipinski definition) is 2. The summed E-state index contributed by atoms with van der Waals surface area (Å²) in [4.78, 5) is 1.69. The molecule has 2 aliphatic heterocycles. The van der Waals surface area contributed by atoms with Gasteiger partial charge in [0.05, 0.1) is 19.7 Å². The van der Waals surface area contributed by atoms with Crippen LogP contribution in [0.4, 0.5) is 0 Å². The highest BCUT2D eigenvalue weighted by atomic mass is 16.7. The van der Waals surface area contributed by atoms with Gasteiger partial charge in [0.25, 0.3) is 0 Å². The van der Waals surface area contributed by atoms with E-state index in [4.69, 9.17) is 9.47 Å². The van der Waals surface area contributed by atoms with Crippen LogP contribution in [-0.4, -0.2) is 38.6 Å². The molecule has 0 aromatic heterocycles. The monoisotopic (exact) mass is 276 g/mol. The highest BCUT2D eigenvalue weighted by molar-refractivity contribution is 5.19. The molecule has 0 saturated carbocycles. The lowest BCUT2D eigenvalue weighted by molar-refractivity contribution is -0.907.